The molecule has 0 aromatic rings. The predicted octanol–water partition coefficient (Wildman–Crippen LogP) is 2.40. The average molecular weight is 408 g/mol. The molecule has 8 nitrogen and oxygen atoms in total. The van der Waals surface area contributed by atoms with Gasteiger partial charge in [-0.3, -0.25) is 9.59 Å². The number of carbonyl (C=O) groups is 4. The number of rotatable bonds is 8. The molecule has 3 unspecified atom stereocenters. The van der Waals surface area contributed by atoms with Crippen molar-refractivity contribution in [3.63, 3.8) is 0 Å². The topological polar surface area (TPSA) is 105 Å². The Kier molecular flexibility index (Phi) is 6.55. The van der Waals surface area contributed by atoms with Crippen molar-refractivity contribution in [3.05, 3.63) is 24.3 Å². The van der Waals surface area contributed by atoms with Crippen molar-refractivity contribution in [2.24, 2.45) is 5.41 Å². The minimum atomic E-state index is -1.17. The lowest BCUT2D eigenvalue weighted by atomic mass is 9.75. The molecular weight excluding hydrogens is 380 g/mol. The van der Waals surface area contributed by atoms with E-state index in [0.29, 0.717) is 6.42 Å². The lowest BCUT2D eigenvalue weighted by Gasteiger charge is -2.34. The van der Waals surface area contributed by atoms with Crippen molar-refractivity contribution in [1.29, 1.82) is 0 Å². The van der Waals surface area contributed by atoms with Gasteiger partial charge in [-0.2, -0.15) is 0 Å². The Morgan fingerprint density at radius 2 is 1.83 bits per heavy atom. The van der Waals surface area contributed by atoms with Gasteiger partial charge in [0.2, 0.25) is 0 Å². The van der Waals surface area contributed by atoms with Crippen LogP contribution in [0.4, 0.5) is 0 Å². The molecule has 8 heteroatoms. The minimum Gasteiger partial charge on any atom is -0.465 e. The number of hydrogen-bond donors (Lipinski definition) is 0. The van der Waals surface area contributed by atoms with Crippen molar-refractivity contribution in [1.82, 2.24) is 0 Å². The highest BCUT2D eigenvalue weighted by atomic mass is 16.6. The quantitative estimate of drug-likeness (QED) is 0.342. The summed E-state index contributed by atoms with van der Waals surface area (Å²) in [5, 5.41) is 0. The first kappa shape index (κ1) is 22.6. The molecule has 0 bridgehead atoms. The second-order valence-electron chi connectivity index (χ2n) is 8.05. The minimum absolute atomic E-state index is 0.0890. The number of cyclic esters (lactones) is 2. The Balaban J connectivity index is 2.17. The highest BCUT2D eigenvalue weighted by molar-refractivity contribution is 5.88. The van der Waals surface area contributed by atoms with Crippen LogP contribution in [0.1, 0.15) is 53.4 Å². The monoisotopic (exact) mass is 408 g/mol. The standard InChI is InChI=1S/C21H28O8/c1-12(2)17(23)27-14(5)21(9-10-26-19(21)25)8-7-15-20(6,11-16(22)28-15)29-18(24)13(3)4/h14-15H,1,3,7-11H2,2,4-6H3/t14-,15?,20?,21?/m1/s1. The van der Waals surface area contributed by atoms with Crippen molar-refractivity contribution in [2.75, 3.05) is 6.61 Å². The van der Waals surface area contributed by atoms with Crippen molar-refractivity contribution >= 4 is 23.9 Å². The van der Waals surface area contributed by atoms with Gasteiger partial charge in [-0.25, -0.2) is 9.59 Å². The van der Waals surface area contributed by atoms with Crippen molar-refractivity contribution in [3.8, 4) is 0 Å². The first-order valence-corrected chi connectivity index (χ1v) is 9.53. The third kappa shape index (κ3) is 4.68. The molecular formula is C21H28O8. The van der Waals surface area contributed by atoms with E-state index in [9.17, 15) is 19.2 Å². The van der Waals surface area contributed by atoms with E-state index in [2.05, 4.69) is 13.2 Å². The number of esters is 4. The molecule has 0 saturated carbocycles. The molecule has 0 aliphatic carbocycles. The first-order valence-electron chi connectivity index (χ1n) is 9.53. The van der Waals surface area contributed by atoms with E-state index in [1.54, 1.807) is 13.8 Å². The third-order valence-corrected chi connectivity index (χ3v) is 5.58. The number of carbonyl (C=O) groups excluding carboxylic acids is 4. The van der Waals surface area contributed by atoms with E-state index in [1.165, 1.54) is 13.8 Å². The summed E-state index contributed by atoms with van der Waals surface area (Å²) in [6.07, 6.45) is -0.770. The highest BCUT2D eigenvalue weighted by Gasteiger charge is 2.54. The summed E-state index contributed by atoms with van der Waals surface area (Å²) in [6, 6.07) is 0. The summed E-state index contributed by atoms with van der Waals surface area (Å²) in [4.78, 5) is 48.4. The van der Waals surface area contributed by atoms with Crippen LogP contribution in [0.3, 0.4) is 0 Å². The van der Waals surface area contributed by atoms with Gasteiger partial charge in [0.25, 0.3) is 0 Å². The van der Waals surface area contributed by atoms with E-state index in [1.807, 2.05) is 0 Å². The van der Waals surface area contributed by atoms with Crippen LogP contribution < -0.4 is 0 Å². The van der Waals surface area contributed by atoms with Gasteiger partial charge in [-0.15, -0.1) is 0 Å². The second-order valence-corrected chi connectivity index (χ2v) is 8.05. The lowest BCUT2D eigenvalue weighted by molar-refractivity contribution is -0.166. The molecule has 29 heavy (non-hydrogen) atoms. The van der Waals surface area contributed by atoms with Gasteiger partial charge >= 0.3 is 23.9 Å². The third-order valence-electron chi connectivity index (χ3n) is 5.58. The molecule has 0 aromatic heterocycles. The summed E-state index contributed by atoms with van der Waals surface area (Å²) in [5.41, 5.74) is -1.81. The van der Waals surface area contributed by atoms with Crippen molar-refractivity contribution < 1.29 is 38.1 Å². The van der Waals surface area contributed by atoms with E-state index in [0.717, 1.165) is 0 Å². The van der Waals surface area contributed by atoms with Crippen LogP contribution in [0.15, 0.2) is 24.3 Å². The Labute approximate surface area is 170 Å². The van der Waals surface area contributed by atoms with E-state index < -0.39 is 47.1 Å². The average Bonchev–Trinajstić information content (AvgIpc) is 3.12. The molecule has 0 N–H and O–H groups in total. The van der Waals surface area contributed by atoms with Crippen LogP contribution in [0.5, 0.6) is 0 Å². The summed E-state index contributed by atoms with van der Waals surface area (Å²) in [7, 11) is 0. The molecule has 0 spiro atoms. The summed E-state index contributed by atoms with van der Waals surface area (Å²) in [5.74, 6) is -2.17. The lowest BCUT2D eigenvalue weighted by Crippen LogP contribution is -2.44. The van der Waals surface area contributed by atoms with E-state index in [-0.39, 0.29) is 37.0 Å². The molecule has 0 amide bonds. The molecule has 2 saturated heterocycles. The van der Waals surface area contributed by atoms with Crippen LogP contribution >= 0.6 is 0 Å². The molecule has 0 aromatic carbocycles. The summed E-state index contributed by atoms with van der Waals surface area (Å²) < 4.78 is 21.4. The summed E-state index contributed by atoms with van der Waals surface area (Å²) in [6.45, 7) is 13.6. The van der Waals surface area contributed by atoms with Gasteiger partial charge in [0, 0.05) is 17.6 Å². The molecule has 2 fully saturated rings. The van der Waals surface area contributed by atoms with E-state index >= 15 is 0 Å². The molecule has 0 radical (unpaired) electrons. The van der Waals surface area contributed by atoms with Crippen LogP contribution in [0.25, 0.3) is 0 Å². The van der Waals surface area contributed by atoms with Crippen LogP contribution in [-0.2, 0) is 38.1 Å². The fourth-order valence-corrected chi connectivity index (χ4v) is 3.62. The van der Waals surface area contributed by atoms with Gasteiger partial charge in [0.15, 0.2) is 5.60 Å². The Hall–Kier alpha value is -2.64. The largest absolute Gasteiger partial charge is 0.465 e. The highest BCUT2D eigenvalue weighted by Crippen LogP contribution is 2.43. The maximum atomic E-state index is 12.5. The molecule has 2 heterocycles. The van der Waals surface area contributed by atoms with Crippen LogP contribution in [0.2, 0.25) is 0 Å². The predicted molar refractivity (Wildman–Crippen MR) is 101 cm³/mol. The Morgan fingerprint density at radius 1 is 1.21 bits per heavy atom. The maximum absolute atomic E-state index is 12.5. The van der Waals surface area contributed by atoms with Crippen LogP contribution in [0, 0.1) is 5.41 Å². The van der Waals surface area contributed by atoms with Gasteiger partial charge in [-0.1, -0.05) is 13.2 Å². The van der Waals surface area contributed by atoms with Crippen LogP contribution in [-0.4, -0.2) is 48.3 Å². The number of ether oxygens (including phenoxy) is 4. The van der Waals surface area contributed by atoms with Crippen molar-refractivity contribution in [2.45, 2.75) is 71.2 Å². The Bertz CT molecular complexity index is 754. The van der Waals surface area contributed by atoms with Gasteiger partial charge in [-0.05, 0) is 40.5 Å². The molecule has 160 valence electrons. The van der Waals surface area contributed by atoms with Gasteiger partial charge in [0.1, 0.15) is 17.6 Å². The molecule has 2 rings (SSSR count). The zero-order valence-electron chi connectivity index (χ0n) is 17.4. The molecule has 2 aliphatic rings. The maximum Gasteiger partial charge on any atom is 0.333 e. The van der Waals surface area contributed by atoms with Gasteiger partial charge < -0.3 is 18.9 Å². The smallest absolute Gasteiger partial charge is 0.333 e. The van der Waals surface area contributed by atoms with E-state index in [4.69, 9.17) is 18.9 Å². The summed E-state index contributed by atoms with van der Waals surface area (Å²) >= 11 is 0. The molecule has 2 aliphatic heterocycles. The SMILES string of the molecule is C=C(C)C(=O)O[C@H](C)C1(CCC2OC(=O)CC2(C)OC(=O)C(=C)C)CCOC1=O. The second kappa shape index (κ2) is 8.39. The zero-order valence-corrected chi connectivity index (χ0v) is 17.4. The molecule has 4 atom stereocenters. The first-order chi connectivity index (χ1) is 13.4. The number of hydrogen-bond acceptors (Lipinski definition) is 8. The fourth-order valence-electron chi connectivity index (χ4n) is 3.62. The fraction of sp³-hybridized carbons (Fsp3) is 0.619. The zero-order chi connectivity index (χ0) is 22.0. The Morgan fingerprint density at radius 3 is 2.34 bits per heavy atom. The van der Waals surface area contributed by atoms with Gasteiger partial charge in [0.05, 0.1) is 13.0 Å². The normalized spacial score (nSPS) is 29.6.